The van der Waals surface area contributed by atoms with Gasteiger partial charge in [0.15, 0.2) is 0 Å². The third kappa shape index (κ3) is 6.02. The van der Waals surface area contributed by atoms with Crippen molar-refractivity contribution in [3.8, 4) is 11.5 Å². The van der Waals surface area contributed by atoms with Crippen LogP contribution in [0.3, 0.4) is 0 Å². The molecule has 0 saturated heterocycles. The number of hydrogen-bond donors (Lipinski definition) is 2. The summed E-state index contributed by atoms with van der Waals surface area (Å²) >= 11 is 0. The van der Waals surface area contributed by atoms with Gasteiger partial charge in [0.2, 0.25) is 5.91 Å². The minimum absolute atomic E-state index is 0.0409. The van der Waals surface area contributed by atoms with E-state index in [1.807, 2.05) is 31.2 Å². The van der Waals surface area contributed by atoms with E-state index in [0.717, 1.165) is 33.6 Å². The first kappa shape index (κ1) is 28.7. The van der Waals surface area contributed by atoms with Crippen LogP contribution in [0.4, 0.5) is 11.4 Å². The molecule has 0 aliphatic rings. The maximum atomic E-state index is 13.5. The lowest BCUT2D eigenvalue weighted by Crippen LogP contribution is -2.28. The van der Waals surface area contributed by atoms with Crippen molar-refractivity contribution in [1.82, 2.24) is 0 Å². The van der Waals surface area contributed by atoms with Crippen LogP contribution in [0, 0.1) is 0 Å². The normalized spacial score (nSPS) is 13.2. The zero-order valence-electron chi connectivity index (χ0n) is 24.3. The highest BCUT2D eigenvalue weighted by molar-refractivity contribution is 6.01. The number of carbonyl (C=O) groups excluding carboxylic acids is 1. The zero-order chi connectivity index (χ0) is 27.3. The van der Waals surface area contributed by atoms with Crippen molar-refractivity contribution in [2.24, 2.45) is 0 Å². The van der Waals surface area contributed by atoms with Gasteiger partial charge in [0.05, 0.1) is 0 Å². The Balaban J connectivity index is 3.03. The first-order chi connectivity index (χ1) is 15.6. The number of rotatable bonds is 3. The van der Waals surface area contributed by atoms with Crippen LogP contribution >= 0.6 is 0 Å². The van der Waals surface area contributed by atoms with E-state index in [2.05, 4.69) is 83.1 Å². The fourth-order valence-corrected chi connectivity index (χ4v) is 4.38. The van der Waals surface area contributed by atoms with E-state index in [1.54, 1.807) is 4.90 Å². The van der Waals surface area contributed by atoms with Crippen LogP contribution in [0.15, 0.2) is 24.3 Å². The van der Waals surface area contributed by atoms with Gasteiger partial charge in [-0.25, -0.2) is 0 Å². The van der Waals surface area contributed by atoms with Crippen molar-refractivity contribution in [3.05, 3.63) is 46.5 Å². The summed E-state index contributed by atoms with van der Waals surface area (Å²) in [6, 6.07) is 7.77. The second-order valence-corrected chi connectivity index (χ2v) is 13.9. The Morgan fingerprint density at radius 2 is 0.829 bits per heavy atom. The molecular formula is C31H47NO3. The molecule has 0 radical (unpaired) electrons. The van der Waals surface area contributed by atoms with Gasteiger partial charge in [0, 0.05) is 40.0 Å². The van der Waals surface area contributed by atoms with Crippen LogP contribution in [0.25, 0.3) is 0 Å². The molecule has 35 heavy (non-hydrogen) atoms. The highest BCUT2D eigenvalue weighted by Crippen LogP contribution is 2.46. The van der Waals surface area contributed by atoms with E-state index in [1.165, 1.54) is 0 Å². The lowest BCUT2D eigenvalue weighted by Gasteiger charge is -2.33. The molecule has 0 aliphatic heterocycles. The molecule has 4 nitrogen and oxygen atoms in total. The Kier molecular flexibility index (Phi) is 7.54. The van der Waals surface area contributed by atoms with Crippen LogP contribution in [-0.4, -0.2) is 16.1 Å². The lowest BCUT2D eigenvalue weighted by atomic mass is 9.78. The van der Waals surface area contributed by atoms with E-state index in [0.29, 0.717) is 6.42 Å². The SMILES string of the molecule is CCC(=O)N(c1cc(C(C)(C)C)c(O)c(C(C)(C)C)c1)c1cc(C(C)(C)C)c(O)c(C(C)(C)C)c1. The summed E-state index contributed by atoms with van der Waals surface area (Å²) in [7, 11) is 0. The molecule has 0 unspecified atom stereocenters. The molecule has 194 valence electrons. The second kappa shape index (κ2) is 9.19. The predicted octanol–water partition coefficient (Wildman–Crippen LogP) is 8.36. The first-order valence-corrected chi connectivity index (χ1v) is 12.7. The Morgan fingerprint density at radius 3 is 1.00 bits per heavy atom. The minimum Gasteiger partial charge on any atom is -0.507 e. The molecule has 2 N–H and O–H groups in total. The van der Waals surface area contributed by atoms with E-state index >= 15 is 0 Å². The van der Waals surface area contributed by atoms with Gasteiger partial charge in [0.1, 0.15) is 11.5 Å². The average molecular weight is 482 g/mol. The smallest absolute Gasteiger partial charge is 0.231 e. The number of amides is 1. The van der Waals surface area contributed by atoms with Gasteiger partial charge in [0.25, 0.3) is 0 Å². The van der Waals surface area contributed by atoms with Crippen molar-refractivity contribution >= 4 is 17.3 Å². The maximum absolute atomic E-state index is 13.5. The Labute approximate surface area is 213 Å². The van der Waals surface area contributed by atoms with Crippen molar-refractivity contribution in [2.45, 2.75) is 118 Å². The van der Waals surface area contributed by atoms with Crippen molar-refractivity contribution in [1.29, 1.82) is 0 Å². The molecule has 2 aromatic carbocycles. The summed E-state index contributed by atoms with van der Waals surface area (Å²) < 4.78 is 0. The Hall–Kier alpha value is -2.49. The number of carbonyl (C=O) groups is 1. The van der Waals surface area contributed by atoms with Crippen molar-refractivity contribution < 1.29 is 15.0 Å². The molecule has 0 aromatic heterocycles. The fraction of sp³-hybridized carbons (Fsp3) is 0.581. The van der Waals surface area contributed by atoms with Crippen LogP contribution < -0.4 is 4.90 Å². The molecule has 0 heterocycles. The number of phenols is 2. The summed E-state index contributed by atoms with van der Waals surface area (Å²) in [6.07, 6.45) is 0.327. The summed E-state index contributed by atoms with van der Waals surface area (Å²) in [5, 5.41) is 22.5. The number of aromatic hydroxyl groups is 2. The number of phenolic OH excluding ortho intramolecular Hbond substituents is 2. The quantitative estimate of drug-likeness (QED) is 0.463. The van der Waals surface area contributed by atoms with Gasteiger partial charge in [-0.15, -0.1) is 0 Å². The van der Waals surface area contributed by atoms with E-state index in [9.17, 15) is 15.0 Å². The van der Waals surface area contributed by atoms with E-state index in [-0.39, 0.29) is 39.1 Å². The van der Waals surface area contributed by atoms with Gasteiger partial charge in [-0.2, -0.15) is 0 Å². The number of nitrogens with zero attached hydrogens (tertiary/aromatic N) is 1. The molecule has 2 aromatic rings. The highest BCUT2D eigenvalue weighted by Gasteiger charge is 2.32. The number of anilines is 2. The van der Waals surface area contributed by atoms with Gasteiger partial charge in [-0.1, -0.05) is 90.0 Å². The molecule has 0 saturated carbocycles. The monoisotopic (exact) mass is 481 g/mol. The molecule has 4 heteroatoms. The van der Waals surface area contributed by atoms with E-state index < -0.39 is 0 Å². The standard InChI is InChI=1S/C31H47NO3/c1-14-25(33)32(19-15-21(28(2,3)4)26(34)22(16-19)29(5,6)7)20-17-23(30(8,9)10)27(35)24(18-20)31(11,12)13/h15-18,34-35H,14H2,1-13H3. The predicted molar refractivity (Wildman–Crippen MR) is 148 cm³/mol. The summed E-state index contributed by atoms with van der Waals surface area (Å²) in [6.45, 7) is 26.7. The fourth-order valence-electron chi connectivity index (χ4n) is 4.38. The third-order valence-electron chi connectivity index (χ3n) is 6.49. The minimum atomic E-state index is -0.316. The molecule has 0 atom stereocenters. The lowest BCUT2D eigenvalue weighted by molar-refractivity contribution is -0.117. The first-order valence-electron chi connectivity index (χ1n) is 12.7. The van der Waals surface area contributed by atoms with E-state index in [4.69, 9.17) is 0 Å². The van der Waals surface area contributed by atoms with Crippen LogP contribution in [0.2, 0.25) is 0 Å². The van der Waals surface area contributed by atoms with Gasteiger partial charge >= 0.3 is 0 Å². The van der Waals surface area contributed by atoms with Gasteiger partial charge < -0.3 is 10.2 Å². The Morgan fingerprint density at radius 1 is 0.600 bits per heavy atom. The molecule has 0 bridgehead atoms. The molecule has 0 fully saturated rings. The van der Waals surface area contributed by atoms with Crippen molar-refractivity contribution in [2.75, 3.05) is 4.90 Å². The largest absolute Gasteiger partial charge is 0.507 e. The highest BCUT2D eigenvalue weighted by atomic mass is 16.3. The molecule has 1 amide bonds. The molecule has 0 spiro atoms. The number of hydrogen-bond acceptors (Lipinski definition) is 3. The Bertz CT molecular complexity index is 948. The van der Waals surface area contributed by atoms with Gasteiger partial charge in [-0.3, -0.25) is 9.69 Å². The molecular weight excluding hydrogens is 434 g/mol. The summed E-state index contributed by atoms with van der Waals surface area (Å²) in [5.74, 6) is 0.532. The summed E-state index contributed by atoms with van der Waals surface area (Å²) in [4.78, 5) is 15.3. The van der Waals surface area contributed by atoms with Crippen molar-refractivity contribution in [3.63, 3.8) is 0 Å². The molecule has 0 aliphatic carbocycles. The topological polar surface area (TPSA) is 60.8 Å². The van der Waals surface area contributed by atoms with Gasteiger partial charge in [-0.05, 0) is 45.9 Å². The third-order valence-corrected chi connectivity index (χ3v) is 6.49. The van der Waals surface area contributed by atoms with Crippen LogP contribution in [-0.2, 0) is 26.5 Å². The molecule has 2 rings (SSSR count). The van der Waals surface area contributed by atoms with Crippen LogP contribution in [0.1, 0.15) is 119 Å². The number of benzene rings is 2. The van der Waals surface area contributed by atoms with Crippen LogP contribution in [0.5, 0.6) is 11.5 Å². The second-order valence-electron chi connectivity index (χ2n) is 13.9. The summed E-state index contributed by atoms with van der Waals surface area (Å²) in [5.41, 5.74) is 3.42. The zero-order valence-corrected chi connectivity index (χ0v) is 24.3. The maximum Gasteiger partial charge on any atom is 0.231 e. The average Bonchev–Trinajstić information content (AvgIpc) is 2.66.